The van der Waals surface area contributed by atoms with Gasteiger partial charge in [-0.15, -0.1) is 0 Å². The quantitative estimate of drug-likeness (QED) is 0.731. The summed E-state index contributed by atoms with van der Waals surface area (Å²) < 4.78 is 43.5. The Balaban J connectivity index is 2.68. The summed E-state index contributed by atoms with van der Waals surface area (Å²) in [5.74, 6) is 0. The normalized spacial score (nSPS) is 22.2. The molecule has 5 heteroatoms. The van der Waals surface area contributed by atoms with Crippen molar-refractivity contribution in [2.75, 3.05) is 13.1 Å². The van der Waals surface area contributed by atoms with E-state index in [1.807, 2.05) is 13.8 Å². The largest absolute Gasteiger partial charge is 0.419 e. The van der Waals surface area contributed by atoms with Crippen LogP contribution in [0.2, 0.25) is 0 Å². The summed E-state index contributed by atoms with van der Waals surface area (Å²) in [7, 11) is 0. The van der Waals surface area contributed by atoms with Crippen molar-refractivity contribution in [3.63, 3.8) is 0 Å². The van der Waals surface area contributed by atoms with Crippen molar-refractivity contribution < 1.29 is 17.9 Å². The monoisotopic (exact) mass is 225 g/mol. The molecule has 1 fully saturated rings. The van der Waals surface area contributed by atoms with Crippen LogP contribution in [-0.4, -0.2) is 41.9 Å². The summed E-state index contributed by atoms with van der Waals surface area (Å²) in [5, 5.41) is 0. The minimum Gasteiger partial charge on any atom is -0.360 e. The van der Waals surface area contributed by atoms with Gasteiger partial charge in [0.05, 0.1) is 6.10 Å². The second-order valence-corrected chi connectivity index (χ2v) is 4.66. The van der Waals surface area contributed by atoms with Crippen LogP contribution in [0.25, 0.3) is 0 Å². The van der Waals surface area contributed by atoms with Crippen LogP contribution in [0.4, 0.5) is 13.2 Å². The summed E-state index contributed by atoms with van der Waals surface area (Å²) >= 11 is 0. The molecule has 1 saturated heterocycles. The average molecular weight is 225 g/mol. The van der Waals surface area contributed by atoms with Crippen LogP contribution in [0.3, 0.4) is 0 Å². The van der Waals surface area contributed by atoms with E-state index >= 15 is 0 Å². The number of likely N-dealkylation sites (tertiary alicyclic amines) is 1. The second kappa shape index (κ2) is 3.94. The zero-order valence-corrected chi connectivity index (χ0v) is 9.56. The van der Waals surface area contributed by atoms with Gasteiger partial charge >= 0.3 is 6.18 Å². The molecule has 0 aromatic carbocycles. The van der Waals surface area contributed by atoms with Gasteiger partial charge in [-0.25, -0.2) is 0 Å². The average Bonchev–Trinajstić information content (AvgIpc) is 1.91. The van der Waals surface area contributed by atoms with E-state index in [-0.39, 0.29) is 19.1 Å². The molecular formula is C10H18F3NO. The Bertz CT molecular complexity index is 219. The van der Waals surface area contributed by atoms with Crippen LogP contribution < -0.4 is 0 Å². The van der Waals surface area contributed by atoms with Gasteiger partial charge in [0.1, 0.15) is 0 Å². The maximum absolute atomic E-state index is 12.8. The van der Waals surface area contributed by atoms with E-state index < -0.39 is 17.9 Å². The predicted molar refractivity (Wildman–Crippen MR) is 51.7 cm³/mol. The molecule has 0 atom stereocenters. The minimum atomic E-state index is -4.28. The number of nitrogens with zero attached hydrogens (tertiary/aromatic N) is 1. The first-order valence-electron chi connectivity index (χ1n) is 5.16. The van der Waals surface area contributed by atoms with E-state index in [9.17, 15) is 13.2 Å². The lowest BCUT2D eigenvalue weighted by molar-refractivity contribution is -0.330. The van der Waals surface area contributed by atoms with Crippen LogP contribution in [0.5, 0.6) is 0 Å². The van der Waals surface area contributed by atoms with Crippen molar-refractivity contribution >= 4 is 0 Å². The van der Waals surface area contributed by atoms with E-state index in [1.54, 1.807) is 18.7 Å². The first-order valence-corrected chi connectivity index (χ1v) is 5.16. The molecule has 0 aromatic heterocycles. The second-order valence-electron chi connectivity index (χ2n) is 4.66. The summed E-state index contributed by atoms with van der Waals surface area (Å²) in [5.41, 5.74) is -1.94. The first-order chi connectivity index (χ1) is 6.68. The van der Waals surface area contributed by atoms with E-state index in [4.69, 9.17) is 4.74 Å². The predicted octanol–water partition coefficient (Wildman–Crippen LogP) is 2.44. The van der Waals surface area contributed by atoms with Crippen LogP contribution in [-0.2, 0) is 4.74 Å². The first kappa shape index (κ1) is 12.8. The number of hydrogen-bond acceptors (Lipinski definition) is 2. The standard InChI is InChI=1S/C10H18F3NO/c1-7(2)14-5-9(6-14,10(11,12)13)15-8(3)4/h7-8H,5-6H2,1-4H3. The fourth-order valence-corrected chi connectivity index (χ4v) is 1.75. The lowest BCUT2D eigenvalue weighted by Crippen LogP contribution is -2.72. The van der Waals surface area contributed by atoms with Gasteiger partial charge in [0.15, 0.2) is 5.60 Å². The minimum absolute atomic E-state index is 0.0493. The smallest absolute Gasteiger partial charge is 0.360 e. The highest BCUT2D eigenvalue weighted by atomic mass is 19.4. The Kier molecular flexibility index (Phi) is 3.36. The fraction of sp³-hybridized carbons (Fsp3) is 1.00. The fourth-order valence-electron chi connectivity index (χ4n) is 1.75. The van der Waals surface area contributed by atoms with Crippen LogP contribution in [0.15, 0.2) is 0 Å². The van der Waals surface area contributed by atoms with Gasteiger partial charge in [-0.2, -0.15) is 13.2 Å². The molecule has 90 valence electrons. The van der Waals surface area contributed by atoms with Crippen molar-refractivity contribution in [2.24, 2.45) is 0 Å². The molecule has 0 bridgehead atoms. The van der Waals surface area contributed by atoms with Gasteiger partial charge in [0.2, 0.25) is 0 Å². The lowest BCUT2D eigenvalue weighted by Gasteiger charge is -2.52. The molecule has 1 heterocycles. The Morgan fingerprint density at radius 3 is 1.87 bits per heavy atom. The molecule has 1 rings (SSSR count). The highest BCUT2D eigenvalue weighted by molar-refractivity contribution is 5.04. The van der Waals surface area contributed by atoms with Gasteiger partial charge in [-0.1, -0.05) is 0 Å². The molecule has 0 spiro atoms. The molecule has 0 saturated carbocycles. The van der Waals surface area contributed by atoms with E-state index in [0.29, 0.717) is 0 Å². The Labute approximate surface area is 88.4 Å². The number of hydrogen-bond donors (Lipinski definition) is 0. The Morgan fingerprint density at radius 1 is 1.13 bits per heavy atom. The molecule has 0 amide bonds. The van der Waals surface area contributed by atoms with Gasteiger partial charge in [-0.05, 0) is 27.7 Å². The van der Waals surface area contributed by atoms with E-state index in [1.165, 1.54) is 0 Å². The van der Waals surface area contributed by atoms with Crippen molar-refractivity contribution in [3.05, 3.63) is 0 Å². The van der Waals surface area contributed by atoms with Crippen LogP contribution in [0, 0.1) is 0 Å². The molecule has 0 radical (unpaired) electrons. The highest BCUT2D eigenvalue weighted by Gasteiger charge is 2.63. The molecule has 0 aliphatic carbocycles. The summed E-state index contributed by atoms with van der Waals surface area (Å²) in [4.78, 5) is 1.76. The topological polar surface area (TPSA) is 12.5 Å². The molecular weight excluding hydrogens is 207 g/mol. The zero-order chi connectivity index (χ0) is 11.9. The third kappa shape index (κ3) is 2.45. The number of halogens is 3. The molecule has 1 aliphatic rings. The van der Waals surface area contributed by atoms with Crippen molar-refractivity contribution in [1.82, 2.24) is 4.90 Å². The van der Waals surface area contributed by atoms with Gasteiger partial charge in [0, 0.05) is 19.1 Å². The van der Waals surface area contributed by atoms with Crippen LogP contribution in [0.1, 0.15) is 27.7 Å². The summed E-state index contributed by atoms with van der Waals surface area (Å²) in [6.07, 6.45) is -4.68. The van der Waals surface area contributed by atoms with Gasteiger partial charge in [0.25, 0.3) is 0 Å². The van der Waals surface area contributed by atoms with Crippen molar-refractivity contribution in [1.29, 1.82) is 0 Å². The SMILES string of the molecule is CC(C)OC1(C(F)(F)F)CN(C(C)C)C1. The molecule has 0 aromatic rings. The molecule has 15 heavy (non-hydrogen) atoms. The molecule has 0 unspecified atom stereocenters. The van der Waals surface area contributed by atoms with Gasteiger partial charge in [-0.3, -0.25) is 4.90 Å². The maximum atomic E-state index is 12.8. The molecule has 2 nitrogen and oxygen atoms in total. The number of ether oxygens (including phenoxy) is 1. The zero-order valence-electron chi connectivity index (χ0n) is 9.56. The molecule has 0 N–H and O–H groups in total. The third-order valence-corrected chi connectivity index (χ3v) is 2.63. The Morgan fingerprint density at radius 2 is 1.60 bits per heavy atom. The van der Waals surface area contributed by atoms with E-state index in [2.05, 4.69) is 0 Å². The lowest BCUT2D eigenvalue weighted by atomic mass is 9.91. The molecule has 1 aliphatic heterocycles. The highest BCUT2D eigenvalue weighted by Crippen LogP contribution is 2.42. The Hall–Kier alpha value is -0.290. The third-order valence-electron chi connectivity index (χ3n) is 2.63. The van der Waals surface area contributed by atoms with Crippen LogP contribution >= 0.6 is 0 Å². The maximum Gasteiger partial charge on any atom is 0.419 e. The van der Waals surface area contributed by atoms with Crippen molar-refractivity contribution in [3.8, 4) is 0 Å². The summed E-state index contributed by atoms with van der Waals surface area (Å²) in [6, 6.07) is 0.135. The summed E-state index contributed by atoms with van der Waals surface area (Å²) in [6.45, 7) is 6.93. The van der Waals surface area contributed by atoms with Gasteiger partial charge < -0.3 is 4.74 Å². The number of alkyl halides is 3. The number of rotatable bonds is 3. The van der Waals surface area contributed by atoms with E-state index in [0.717, 1.165) is 0 Å². The van der Waals surface area contributed by atoms with Crippen molar-refractivity contribution in [2.45, 2.75) is 51.6 Å².